The molecule has 1 aliphatic carbocycles. The Hall–Kier alpha value is -1.04. The highest BCUT2D eigenvalue weighted by atomic mass is 19.1. The molecule has 132 valence electrons. The van der Waals surface area contributed by atoms with E-state index in [2.05, 4.69) is 21.8 Å². The molecular weight excluding hydrogens is 305 g/mol. The highest BCUT2D eigenvalue weighted by Gasteiger charge is 2.44. The summed E-state index contributed by atoms with van der Waals surface area (Å²) in [6.07, 6.45) is 9.14. The van der Waals surface area contributed by atoms with Crippen LogP contribution in [0.15, 0.2) is 18.5 Å². The van der Waals surface area contributed by atoms with E-state index < -0.39 is 0 Å². The molecule has 1 spiro atoms. The van der Waals surface area contributed by atoms with Crippen LogP contribution >= 0.6 is 0 Å². The van der Waals surface area contributed by atoms with Gasteiger partial charge in [-0.15, -0.1) is 0 Å². The van der Waals surface area contributed by atoms with E-state index in [1.54, 1.807) is 12.3 Å². The highest BCUT2D eigenvalue weighted by Crippen LogP contribution is 2.39. The van der Waals surface area contributed by atoms with Crippen molar-refractivity contribution < 1.29 is 9.13 Å². The van der Waals surface area contributed by atoms with Crippen LogP contribution in [-0.2, 0) is 11.3 Å². The van der Waals surface area contributed by atoms with Crippen LogP contribution in [-0.4, -0.2) is 59.7 Å². The monoisotopic (exact) mass is 333 g/mol. The highest BCUT2D eigenvalue weighted by molar-refractivity contribution is 5.13. The van der Waals surface area contributed by atoms with Gasteiger partial charge in [0.1, 0.15) is 5.82 Å². The van der Waals surface area contributed by atoms with E-state index in [4.69, 9.17) is 4.74 Å². The van der Waals surface area contributed by atoms with Gasteiger partial charge in [-0.25, -0.2) is 4.39 Å². The minimum absolute atomic E-state index is 0.00316. The first kappa shape index (κ1) is 16.4. The Labute approximate surface area is 144 Å². The molecule has 5 heteroatoms. The van der Waals surface area contributed by atoms with E-state index in [9.17, 15) is 4.39 Å². The number of nitrogens with zero attached hydrogens (tertiary/aromatic N) is 3. The molecule has 3 heterocycles. The van der Waals surface area contributed by atoms with Gasteiger partial charge in [-0.05, 0) is 57.7 Å². The van der Waals surface area contributed by atoms with Crippen LogP contribution in [0.4, 0.5) is 4.39 Å². The number of likely N-dealkylation sites (tertiary alicyclic amines) is 1. The number of ether oxygens (including phenoxy) is 1. The third kappa shape index (κ3) is 3.63. The van der Waals surface area contributed by atoms with Crippen molar-refractivity contribution in [1.29, 1.82) is 0 Å². The molecule has 4 nitrogen and oxygen atoms in total. The van der Waals surface area contributed by atoms with E-state index >= 15 is 0 Å². The summed E-state index contributed by atoms with van der Waals surface area (Å²) >= 11 is 0. The van der Waals surface area contributed by atoms with Gasteiger partial charge < -0.3 is 9.64 Å². The van der Waals surface area contributed by atoms with E-state index in [1.807, 2.05) is 0 Å². The Morgan fingerprint density at radius 1 is 1.46 bits per heavy atom. The van der Waals surface area contributed by atoms with Gasteiger partial charge in [-0.1, -0.05) is 0 Å². The third-order valence-corrected chi connectivity index (χ3v) is 5.87. The maximum absolute atomic E-state index is 13.9. The summed E-state index contributed by atoms with van der Waals surface area (Å²) in [6.45, 7) is 4.66. The standard InChI is InChI=1S/C19H28FN3O/c1-22(17-3-4-17)11-15-9-19(24-13-15)6-2-8-23(14-19)12-16-5-7-21-10-18(16)20/h5,7,10,15,17H,2-4,6,8-9,11-14H2,1H3/t15-,19+/m0/s1. The number of rotatable bonds is 5. The predicted octanol–water partition coefficient (Wildman–Crippen LogP) is 2.69. The maximum atomic E-state index is 13.9. The zero-order valence-electron chi connectivity index (χ0n) is 14.6. The average Bonchev–Trinajstić information content (AvgIpc) is 3.35. The Morgan fingerprint density at radius 3 is 3.12 bits per heavy atom. The summed E-state index contributed by atoms with van der Waals surface area (Å²) in [7, 11) is 2.25. The van der Waals surface area contributed by atoms with E-state index in [-0.39, 0.29) is 11.4 Å². The minimum atomic E-state index is -0.201. The molecule has 2 aliphatic heterocycles. The first-order chi connectivity index (χ1) is 11.6. The second-order valence-corrected chi connectivity index (χ2v) is 8.02. The molecule has 0 radical (unpaired) electrons. The molecule has 24 heavy (non-hydrogen) atoms. The van der Waals surface area contributed by atoms with Crippen LogP contribution in [0.5, 0.6) is 0 Å². The van der Waals surface area contributed by atoms with Crippen molar-refractivity contribution in [3.8, 4) is 0 Å². The van der Waals surface area contributed by atoms with E-state index in [1.165, 1.54) is 19.0 Å². The van der Waals surface area contributed by atoms with Crippen molar-refractivity contribution in [3.63, 3.8) is 0 Å². The number of halogens is 1. The molecule has 3 aliphatic rings. The third-order valence-electron chi connectivity index (χ3n) is 5.87. The zero-order chi connectivity index (χ0) is 16.6. The summed E-state index contributed by atoms with van der Waals surface area (Å²) in [5.74, 6) is 0.446. The van der Waals surface area contributed by atoms with Gasteiger partial charge in [0, 0.05) is 37.4 Å². The second-order valence-electron chi connectivity index (χ2n) is 8.02. The van der Waals surface area contributed by atoms with Crippen LogP contribution in [0.3, 0.4) is 0 Å². The average molecular weight is 333 g/mol. The van der Waals surface area contributed by atoms with Crippen LogP contribution in [0.1, 0.15) is 37.7 Å². The molecule has 4 rings (SSSR count). The molecule has 2 atom stereocenters. The van der Waals surface area contributed by atoms with Gasteiger partial charge in [-0.2, -0.15) is 0 Å². The number of pyridine rings is 1. The lowest BCUT2D eigenvalue weighted by Gasteiger charge is -2.40. The first-order valence-corrected chi connectivity index (χ1v) is 9.28. The first-order valence-electron chi connectivity index (χ1n) is 9.28. The summed E-state index contributed by atoms with van der Waals surface area (Å²) in [5.41, 5.74) is 0.738. The van der Waals surface area contributed by atoms with Crippen molar-refractivity contribution in [1.82, 2.24) is 14.8 Å². The quantitative estimate of drug-likeness (QED) is 0.828. The molecule has 0 N–H and O–H groups in total. The largest absolute Gasteiger partial charge is 0.373 e. The van der Waals surface area contributed by atoms with Gasteiger partial charge in [0.2, 0.25) is 0 Å². The van der Waals surface area contributed by atoms with Crippen molar-refractivity contribution >= 4 is 0 Å². The predicted molar refractivity (Wildman–Crippen MR) is 91.1 cm³/mol. The van der Waals surface area contributed by atoms with Gasteiger partial charge in [0.05, 0.1) is 18.4 Å². The van der Waals surface area contributed by atoms with Gasteiger partial charge in [0.15, 0.2) is 0 Å². The van der Waals surface area contributed by atoms with E-state index in [0.29, 0.717) is 12.5 Å². The molecule has 1 aromatic heterocycles. The van der Waals surface area contributed by atoms with E-state index in [0.717, 1.165) is 57.1 Å². The maximum Gasteiger partial charge on any atom is 0.145 e. The molecular formula is C19H28FN3O. The number of piperidine rings is 1. The summed E-state index contributed by atoms with van der Waals surface area (Å²) in [6, 6.07) is 2.61. The minimum Gasteiger partial charge on any atom is -0.373 e. The lowest BCUT2D eigenvalue weighted by molar-refractivity contribution is -0.0537. The van der Waals surface area contributed by atoms with Crippen LogP contribution < -0.4 is 0 Å². The van der Waals surface area contributed by atoms with Crippen LogP contribution in [0.2, 0.25) is 0 Å². The number of hydrogen-bond acceptors (Lipinski definition) is 4. The van der Waals surface area contributed by atoms with Crippen molar-refractivity contribution in [2.75, 3.05) is 33.3 Å². The van der Waals surface area contributed by atoms with Gasteiger partial charge >= 0.3 is 0 Å². The fourth-order valence-corrected chi connectivity index (χ4v) is 4.51. The lowest BCUT2D eigenvalue weighted by Crippen LogP contribution is -2.47. The molecule has 0 amide bonds. The summed E-state index contributed by atoms with van der Waals surface area (Å²) in [4.78, 5) is 8.71. The number of aromatic nitrogens is 1. The summed E-state index contributed by atoms with van der Waals surface area (Å²) in [5, 5.41) is 0. The molecule has 1 saturated carbocycles. The Morgan fingerprint density at radius 2 is 2.33 bits per heavy atom. The molecule has 1 aromatic rings. The van der Waals surface area contributed by atoms with Crippen molar-refractivity contribution in [2.45, 2.75) is 50.3 Å². The fraction of sp³-hybridized carbons (Fsp3) is 0.737. The SMILES string of the molecule is CN(C[C@H]1CO[C@]2(CCCN(Cc3ccncc3F)C2)C1)C1CC1. The number of hydrogen-bond donors (Lipinski definition) is 0. The molecule has 0 bridgehead atoms. The smallest absolute Gasteiger partial charge is 0.145 e. The molecule has 0 aromatic carbocycles. The van der Waals surface area contributed by atoms with Gasteiger partial charge in [-0.3, -0.25) is 9.88 Å². The van der Waals surface area contributed by atoms with Crippen LogP contribution in [0, 0.1) is 11.7 Å². The normalized spacial score (nSPS) is 31.2. The summed E-state index contributed by atoms with van der Waals surface area (Å²) < 4.78 is 20.2. The Balaban J connectivity index is 1.35. The van der Waals surface area contributed by atoms with Crippen molar-refractivity contribution in [2.24, 2.45) is 5.92 Å². The van der Waals surface area contributed by atoms with Crippen LogP contribution in [0.25, 0.3) is 0 Å². The Bertz CT molecular complexity index is 579. The van der Waals surface area contributed by atoms with Crippen molar-refractivity contribution in [3.05, 3.63) is 29.8 Å². The molecule has 2 saturated heterocycles. The molecule has 0 unspecified atom stereocenters. The zero-order valence-corrected chi connectivity index (χ0v) is 14.6. The topological polar surface area (TPSA) is 28.6 Å². The fourth-order valence-electron chi connectivity index (χ4n) is 4.51. The van der Waals surface area contributed by atoms with Gasteiger partial charge in [0.25, 0.3) is 0 Å². The molecule has 3 fully saturated rings. The lowest BCUT2D eigenvalue weighted by atomic mass is 9.86. The Kier molecular flexibility index (Phi) is 4.58. The second kappa shape index (κ2) is 6.70.